The number of carboxylic acids is 2. The first kappa shape index (κ1) is 11.0. The largest absolute Gasteiger partial charge is 0.478 e. The van der Waals surface area contributed by atoms with Gasteiger partial charge in [0.2, 0.25) is 0 Å². The van der Waals surface area contributed by atoms with Gasteiger partial charge in [0.15, 0.2) is 0 Å². The Hall–Kier alpha value is -1.11. The highest BCUT2D eigenvalue weighted by atomic mass is 127. The fraction of sp³-hybridized carbons (Fsp3) is 0.111. The van der Waals surface area contributed by atoms with E-state index in [0.29, 0.717) is 3.57 Å². The maximum atomic E-state index is 10.8. The van der Waals surface area contributed by atoms with E-state index in [-0.39, 0.29) is 16.7 Å². The van der Waals surface area contributed by atoms with E-state index in [0.717, 1.165) is 0 Å². The predicted molar refractivity (Wildman–Crippen MR) is 57.8 cm³/mol. The molecule has 0 aliphatic carbocycles. The molecular weight excluding hydrogens is 299 g/mol. The number of aromatic carboxylic acids is 2. The van der Waals surface area contributed by atoms with Crippen LogP contribution in [0, 0.1) is 10.5 Å². The highest BCUT2D eigenvalue weighted by molar-refractivity contribution is 14.1. The van der Waals surface area contributed by atoms with E-state index in [1.807, 2.05) is 22.6 Å². The predicted octanol–water partition coefficient (Wildman–Crippen LogP) is 2.00. The second-order valence-corrected chi connectivity index (χ2v) is 3.98. The molecule has 0 spiro atoms. The second-order valence-electron chi connectivity index (χ2n) is 2.74. The van der Waals surface area contributed by atoms with Gasteiger partial charge in [-0.2, -0.15) is 0 Å². The van der Waals surface area contributed by atoms with Gasteiger partial charge < -0.3 is 10.2 Å². The molecule has 0 atom stereocenters. The zero-order chi connectivity index (χ0) is 10.9. The first-order chi connectivity index (χ1) is 6.43. The van der Waals surface area contributed by atoms with Crippen LogP contribution in [0.5, 0.6) is 0 Å². The van der Waals surface area contributed by atoms with E-state index in [9.17, 15) is 9.59 Å². The third kappa shape index (κ3) is 2.03. The summed E-state index contributed by atoms with van der Waals surface area (Å²) in [4.78, 5) is 21.5. The molecule has 0 radical (unpaired) electrons. The number of rotatable bonds is 2. The van der Waals surface area contributed by atoms with Crippen molar-refractivity contribution in [3.63, 3.8) is 0 Å². The molecule has 0 bridgehead atoms. The molecule has 0 aliphatic heterocycles. The van der Waals surface area contributed by atoms with Crippen molar-refractivity contribution in [2.24, 2.45) is 0 Å². The van der Waals surface area contributed by atoms with Gasteiger partial charge in [0.05, 0.1) is 11.1 Å². The minimum absolute atomic E-state index is 0.0364. The number of carbonyl (C=O) groups is 2. The van der Waals surface area contributed by atoms with Crippen LogP contribution in [-0.4, -0.2) is 22.2 Å². The van der Waals surface area contributed by atoms with Crippen molar-refractivity contribution < 1.29 is 19.8 Å². The summed E-state index contributed by atoms with van der Waals surface area (Å²) in [6, 6.07) is 2.90. The summed E-state index contributed by atoms with van der Waals surface area (Å²) in [6.45, 7) is 1.49. The molecule has 5 heteroatoms. The summed E-state index contributed by atoms with van der Waals surface area (Å²) in [5, 5.41) is 17.6. The summed E-state index contributed by atoms with van der Waals surface area (Å²) < 4.78 is 0.600. The Morgan fingerprint density at radius 2 is 1.50 bits per heavy atom. The molecule has 0 unspecified atom stereocenters. The van der Waals surface area contributed by atoms with Gasteiger partial charge in [0.1, 0.15) is 0 Å². The van der Waals surface area contributed by atoms with Gasteiger partial charge in [-0.15, -0.1) is 0 Å². The van der Waals surface area contributed by atoms with E-state index >= 15 is 0 Å². The fourth-order valence-electron chi connectivity index (χ4n) is 1.12. The maximum Gasteiger partial charge on any atom is 0.336 e. The van der Waals surface area contributed by atoms with Crippen molar-refractivity contribution in [2.45, 2.75) is 6.92 Å². The van der Waals surface area contributed by atoms with Crippen LogP contribution in [0.15, 0.2) is 12.1 Å². The Morgan fingerprint density at radius 1 is 1.14 bits per heavy atom. The van der Waals surface area contributed by atoms with Crippen LogP contribution in [0.2, 0.25) is 0 Å². The molecule has 0 aromatic heterocycles. The Kier molecular flexibility index (Phi) is 3.10. The molecule has 14 heavy (non-hydrogen) atoms. The lowest BCUT2D eigenvalue weighted by atomic mass is 10.0. The minimum atomic E-state index is -1.11. The Bertz CT molecular complexity index is 376. The highest BCUT2D eigenvalue weighted by Gasteiger charge is 2.15. The van der Waals surface area contributed by atoms with Gasteiger partial charge in [-0.3, -0.25) is 0 Å². The highest BCUT2D eigenvalue weighted by Crippen LogP contribution is 2.18. The molecule has 1 aromatic rings. The van der Waals surface area contributed by atoms with E-state index in [1.54, 1.807) is 0 Å². The Balaban J connectivity index is 3.47. The van der Waals surface area contributed by atoms with E-state index in [1.165, 1.54) is 19.1 Å². The van der Waals surface area contributed by atoms with Gasteiger partial charge in [-0.05, 0) is 47.2 Å². The Labute approximate surface area is 93.7 Å². The molecule has 4 nitrogen and oxygen atoms in total. The molecule has 0 fully saturated rings. The van der Waals surface area contributed by atoms with Crippen LogP contribution in [0.4, 0.5) is 0 Å². The maximum absolute atomic E-state index is 10.8. The van der Waals surface area contributed by atoms with Gasteiger partial charge in [-0.1, -0.05) is 0 Å². The monoisotopic (exact) mass is 306 g/mol. The third-order valence-electron chi connectivity index (χ3n) is 1.83. The third-order valence-corrected chi connectivity index (χ3v) is 2.46. The van der Waals surface area contributed by atoms with Crippen LogP contribution in [0.3, 0.4) is 0 Å². The first-order valence-electron chi connectivity index (χ1n) is 3.70. The van der Waals surface area contributed by atoms with Gasteiger partial charge in [0, 0.05) is 3.57 Å². The fourth-order valence-corrected chi connectivity index (χ4v) is 1.75. The van der Waals surface area contributed by atoms with Crippen molar-refractivity contribution in [3.05, 3.63) is 32.4 Å². The number of hydrogen-bond acceptors (Lipinski definition) is 2. The lowest BCUT2D eigenvalue weighted by Gasteiger charge is -2.05. The van der Waals surface area contributed by atoms with Gasteiger partial charge >= 0.3 is 11.9 Å². The van der Waals surface area contributed by atoms with E-state index < -0.39 is 11.9 Å². The average Bonchev–Trinajstić information content (AvgIpc) is 2.07. The van der Waals surface area contributed by atoms with Crippen molar-refractivity contribution in [3.8, 4) is 0 Å². The first-order valence-corrected chi connectivity index (χ1v) is 4.78. The summed E-state index contributed by atoms with van der Waals surface area (Å²) in [5.41, 5.74) is 0.356. The normalized spacial score (nSPS) is 9.86. The summed E-state index contributed by atoms with van der Waals surface area (Å²) in [5.74, 6) is -2.22. The van der Waals surface area contributed by atoms with Crippen molar-refractivity contribution in [1.29, 1.82) is 0 Å². The van der Waals surface area contributed by atoms with Crippen LogP contribution in [-0.2, 0) is 0 Å². The molecule has 1 aromatic carbocycles. The molecule has 0 heterocycles. The van der Waals surface area contributed by atoms with Gasteiger partial charge in [-0.25, -0.2) is 9.59 Å². The van der Waals surface area contributed by atoms with Crippen LogP contribution >= 0.6 is 22.6 Å². The summed E-state index contributed by atoms with van der Waals surface area (Å²) in [7, 11) is 0. The number of carboxylic acid groups (broad SMARTS) is 2. The summed E-state index contributed by atoms with van der Waals surface area (Å²) >= 11 is 1.89. The number of hydrogen-bond donors (Lipinski definition) is 2. The molecule has 1 rings (SSSR count). The molecule has 0 amide bonds. The smallest absolute Gasteiger partial charge is 0.336 e. The van der Waals surface area contributed by atoms with E-state index in [4.69, 9.17) is 10.2 Å². The lowest BCUT2D eigenvalue weighted by molar-refractivity contribution is 0.0696. The summed E-state index contributed by atoms with van der Waals surface area (Å²) in [6.07, 6.45) is 0. The van der Waals surface area contributed by atoms with Gasteiger partial charge in [0.25, 0.3) is 0 Å². The zero-order valence-electron chi connectivity index (χ0n) is 7.24. The van der Waals surface area contributed by atoms with Crippen LogP contribution in [0.1, 0.15) is 26.3 Å². The molecule has 0 aliphatic rings. The van der Waals surface area contributed by atoms with Crippen molar-refractivity contribution >= 4 is 34.5 Å². The zero-order valence-corrected chi connectivity index (χ0v) is 9.40. The second kappa shape index (κ2) is 3.95. The molecule has 0 saturated heterocycles. The van der Waals surface area contributed by atoms with E-state index in [2.05, 4.69) is 0 Å². The number of benzene rings is 1. The van der Waals surface area contributed by atoms with Crippen LogP contribution in [0.25, 0.3) is 0 Å². The van der Waals surface area contributed by atoms with Crippen molar-refractivity contribution in [2.75, 3.05) is 0 Å². The average molecular weight is 306 g/mol. The number of halogens is 1. The quantitative estimate of drug-likeness (QED) is 0.820. The topological polar surface area (TPSA) is 74.6 Å². The standard InChI is InChI=1S/C9H7IO4/c1-4-6(8(11)12)2-5(10)3-7(4)9(13)14/h2-3H,1H3,(H,11,12)(H,13,14). The SMILES string of the molecule is Cc1c(C(=O)O)cc(I)cc1C(=O)O. The lowest BCUT2D eigenvalue weighted by Crippen LogP contribution is -2.07. The van der Waals surface area contributed by atoms with Crippen LogP contribution < -0.4 is 0 Å². The minimum Gasteiger partial charge on any atom is -0.478 e. The molecule has 0 saturated carbocycles. The molecular formula is C9H7IO4. The Morgan fingerprint density at radius 3 is 1.79 bits per heavy atom. The van der Waals surface area contributed by atoms with Crippen molar-refractivity contribution in [1.82, 2.24) is 0 Å². The molecule has 74 valence electrons. The molecule has 2 N–H and O–H groups in total.